The number of hydrogen-bond acceptors (Lipinski definition) is 5. The van der Waals surface area contributed by atoms with Crippen LogP contribution in [0.3, 0.4) is 0 Å². The Morgan fingerprint density at radius 1 is 0.333 bits per heavy atom. The molecule has 0 fully saturated rings. The first kappa shape index (κ1) is 70.9. The van der Waals surface area contributed by atoms with Crippen molar-refractivity contribution in [2.45, 2.75) is 398 Å². The van der Waals surface area contributed by atoms with E-state index in [0.717, 1.165) is 38.5 Å². The van der Waals surface area contributed by atoms with Gasteiger partial charge in [0.25, 0.3) is 0 Å². The molecule has 0 rings (SSSR count). The topological polar surface area (TPSA) is 95.9 Å². The van der Waals surface area contributed by atoms with Gasteiger partial charge in [-0.3, -0.25) is 9.59 Å². The van der Waals surface area contributed by atoms with Gasteiger partial charge in [0.05, 0.1) is 25.4 Å². The van der Waals surface area contributed by atoms with Crippen molar-refractivity contribution in [2.24, 2.45) is 0 Å². The summed E-state index contributed by atoms with van der Waals surface area (Å²) < 4.78 is 5.49. The first-order valence-electron chi connectivity index (χ1n) is 33.3. The summed E-state index contributed by atoms with van der Waals surface area (Å²) in [6.45, 7) is 5.00. The molecule has 0 aromatic carbocycles. The minimum Gasteiger partial charge on any atom is -0.466 e. The van der Waals surface area contributed by atoms with Crippen LogP contribution in [0.15, 0.2) is 0 Å². The van der Waals surface area contributed by atoms with Crippen LogP contribution < -0.4 is 5.32 Å². The van der Waals surface area contributed by atoms with E-state index in [0.29, 0.717) is 25.9 Å². The third-order valence-electron chi connectivity index (χ3n) is 15.9. The summed E-state index contributed by atoms with van der Waals surface area (Å²) in [5.74, 6) is -0.00955. The van der Waals surface area contributed by atoms with Crippen LogP contribution in [-0.2, 0) is 14.3 Å². The number of amides is 1. The van der Waals surface area contributed by atoms with E-state index in [1.807, 2.05) is 0 Å². The molecule has 0 aliphatic carbocycles. The lowest BCUT2D eigenvalue weighted by Gasteiger charge is -2.22. The van der Waals surface area contributed by atoms with Crippen molar-refractivity contribution in [1.82, 2.24) is 5.32 Å². The molecule has 1 amide bonds. The molecule has 0 bridgehead atoms. The minimum absolute atomic E-state index is 0.0198. The number of unbranched alkanes of at least 4 members (excludes halogenated alkanes) is 52. The van der Waals surface area contributed by atoms with Crippen LogP contribution in [0.4, 0.5) is 0 Å². The molecular formula is C66H131NO5. The maximum absolute atomic E-state index is 12.5. The van der Waals surface area contributed by atoms with E-state index in [-0.39, 0.29) is 18.5 Å². The average Bonchev–Trinajstić information content (AvgIpc) is 3.38. The quantitative estimate of drug-likeness (QED) is 0.0417. The van der Waals surface area contributed by atoms with Crippen LogP contribution in [0.1, 0.15) is 386 Å². The molecule has 430 valence electrons. The standard InChI is InChI=1S/C66H131NO5/c1-3-5-7-9-11-13-15-17-19-31-34-38-42-46-50-54-58-64(69)63(62-68)67-65(70)59-55-51-47-43-39-35-32-29-27-25-23-21-20-22-24-26-28-30-33-37-41-45-49-53-57-61-72-66(71)60-56-52-48-44-40-36-18-16-14-12-10-8-6-4-2/h63-64,68-69H,3-62H2,1-2H3,(H,67,70). The molecule has 6 heteroatoms. The number of ether oxygens (including phenoxy) is 1. The maximum atomic E-state index is 12.5. The summed E-state index contributed by atoms with van der Waals surface area (Å²) in [5, 5.41) is 23.3. The van der Waals surface area contributed by atoms with Crippen molar-refractivity contribution in [3.63, 3.8) is 0 Å². The number of hydrogen-bond donors (Lipinski definition) is 3. The lowest BCUT2D eigenvalue weighted by molar-refractivity contribution is -0.143. The lowest BCUT2D eigenvalue weighted by atomic mass is 10.0. The number of rotatable bonds is 63. The van der Waals surface area contributed by atoms with Gasteiger partial charge in [-0.1, -0.05) is 348 Å². The fourth-order valence-corrected chi connectivity index (χ4v) is 10.8. The van der Waals surface area contributed by atoms with Crippen LogP contribution in [0, 0.1) is 0 Å². The van der Waals surface area contributed by atoms with Crippen molar-refractivity contribution in [3.8, 4) is 0 Å². The zero-order valence-electron chi connectivity index (χ0n) is 49.2. The summed E-state index contributed by atoms with van der Waals surface area (Å²) in [6.07, 6.45) is 74.2. The highest BCUT2D eigenvalue weighted by Crippen LogP contribution is 2.19. The first-order chi connectivity index (χ1) is 35.5. The molecule has 0 heterocycles. The summed E-state index contributed by atoms with van der Waals surface area (Å²) in [7, 11) is 0. The molecule has 0 aromatic heterocycles. The third kappa shape index (κ3) is 58.1. The third-order valence-corrected chi connectivity index (χ3v) is 15.9. The van der Waals surface area contributed by atoms with E-state index < -0.39 is 12.1 Å². The number of aliphatic hydroxyl groups excluding tert-OH is 2. The highest BCUT2D eigenvalue weighted by molar-refractivity contribution is 5.76. The molecule has 72 heavy (non-hydrogen) atoms. The van der Waals surface area contributed by atoms with Gasteiger partial charge in [0.2, 0.25) is 5.91 Å². The Morgan fingerprint density at radius 3 is 0.847 bits per heavy atom. The molecule has 2 unspecified atom stereocenters. The number of aliphatic hydroxyl groups is 2. The molecule has 0 radical (unpaired) electrons. The van der Waals surface area contributed by atoms with Crippen LogP contribution in [-0.4, -0.2) is 47.4 Å². The molecule has 0 aliphatic rings. The smallest absolute Gasteiger partial charge is 0.305 e. The predicted molar refractivity (Wildman–Crippen MR) is 315 cm³/mol. The Kier molecular flexibility index (Phi) is 61.4. The number of carbonyl (C=O) groups is 2. The Labute approximate surface area is 451 Å². The summed E-state index contributed by atoms with van der Waals surface area (Å²) in [5.41, 5.74) is 0. The zero-order chi connectivity index (χ0) is 52.2. The van der Waals surface area contributed by atoms with Gasteiger partial charge in [0.15, 0.2) is 0 Å². The van der Waals surface area contributed by atoms with Crippen LogP contribution in [0.2, 0.25) is 0 Å². The Balaban J connectivity index is 3.34. The van der Waals surface area contributed by atoms with Crippen molar-refractivity contribution < 1.29 is 24.5 Å². The highest BCUT2D eigenvalue weighted by Gasteiger charge is 2.20. The second-order valence-corrected chi connectivity index (χ2v) is 23.2. The van der Waals surface area contributed by atoms with Gasteiger partial charge < -0.3 is 20.3 Å². The van der Waals surface area contributed by atoms with E-state index in [1.165, 1.54) is 315 Å². The van der Waals surface area contributed by atoms with Gasteiger partial charge in [-0.05, 0) is 25.7 Å². The van der Waals surface area contributed by atoms with Gasteiger partial charge >= 0.3 is 5.97 Å². The normalized spacial score (nSPS) is 12.4. The fraction of sp³-hybridized carbons (Fsp3) is 0.970. The van der Waals surface area contributed by atoms with Crippen LogP contribution in [0.5, 0.6) is 0 Å². The van der Waals surface area contributed by atoms with Crippen molar-refractivity contribution in [3.05, 3.63) is 0 Å². The van der Waals surface area contributed by atoms with Crippen LogP contribution >= 0.6 is 0 Å². The molecule has 0 aliphatic heterocycles. The van der Waals surface area contributed by atoms with Crippen LogP contribution in [0.25, 0.3) is 0 Å². The number of esters is 1. The second-order valence-electron chi connectivity index (χ2n) is 23.2. The van der Waals surface area contributed by atoms with Gasteiger partial charge in [-0.15, -0.1) is 0 Å². The van der Waals surface area contributed by atoms with E-state index in [2.05, 4.69) is 19.2 Å². The number of nitrogens with one attached hydrogen (secondary N) is 1. The average molecular weight is 1020 g/mol. The van der Waals surface area contributed by atoms with E-state index in [1.54, 1.807) is 0 Å². The molecular weight excluding hydrogens is 887 g/mol. The number of carbonyl (C=O) groups excluding carboxylic acids is 2. The molecule has 3 N–H and O–H groups in total. The van der Waals surface area contributed by atoms with Gasteiger partial charge in [-0.25, -0.2) is 0 Å². The summed E-state index contributed by atoms with van der Waals surface area (Å²) >= 11 is 0. The van der Waals surface area contributed by atoms with Gasteiger partial charge in [0, 0.05) is 12.8 Å². The maximum Gasteiger partial charge on any atom is 0.305 e. The molecule has 0 saturated carbocycles. The van der Waals surface area contributed by atoms with Gasteiger partial charge in [-0.2, -0.15) is 0 Å². The largest absolute Gasteiger partial charge is 0.466 e. The van der Waals surface area contributed by atoms with Crippen molar-refractivity contribution in [2.75, 3.05) is 13.2 Å². The van der Waals surface area contributed by atoms with E-state index in [9.17, 15) is 19.8 Å². The Morgan fingerprint density at radius 2 is 0.569 bits per heavy atom. The molecule has 0 spiro atoms. The Bertz CT molecular complexity index is 1040. The summed E-state index contributed by atoms with van der Waals surface area (Å²) in [4.78, 5) is 24.6. The molecule has 2 atom stereocenters. The second kappa shape index (κ2) is 62.4. The van der Waals surface area contributed by atoms with Crippen molar-refractivity contribution >= 4 is 11.9 Å². The molecule has 6 nitrogen and oxygen atoms in total. The van der Waals surface area contributed by atoms with Gasteiger partial charge in [0.1, 0.15) is 0 Å². The SMILES string of the molecule is CCCCCCCCCCCCCCCCCCC(O)C(CO)NC(=O)CCCCCCCCCCCCCCCCCCCCCCCCCCCOC(=O)CCCCCCCCCCCCCCCC. The monoisotopic (exact) mass is 1020 g/mol. The minimum atomic E-state index is -0.662. The zero-order valence-corrected chi connectivity index (χ0v) is 49.2. The predicted octanol–water partition coefficient (Wildman–Crippen LogP) is 21.0. The molecule has 0 aromatic rings. The highest BCUT2D eigenvalue weighted by atomic mass is 16.5. The Hall–Kier alpha value is -1.14. The van der Waals surface area contributed by atoms with E-state index >= 15 is 0 Å². The molecule has 0 saturated heterocycles. The fourth-order valence-electron chi connectivity index (χ4n) is 10.8. The summed E-state index contributed by atoms with van der Waals surface area (Å²) in [6, 6.07) is -0.539. The van der Waals surface area contributed by atoms with Crippen molar-refractivity contribution in [1.29, 1.82) is 0 Å². The first-order valence-corrected chi connectivity index (χ1v) is 33.3. The lowest BCUT2D eigenvalue weighted by Crippen LogP contribution is -2.45. The van der Waals surface area contributed by atoms with E-state index in [4.69, 9.17) is 4.74 Å².